The molecule has 0 radical (unpaired) electrons. The molecule has 0 saturated heterocycles. The van der Waals surface area contributed by atoms with Crippen molar-refractivity contribution in [3.63, 3.8) is 0 Å². The Morgan fingerprint density at radius 2 is 1.74 bits per heavy atom. The fraction of sp³-hybridized carbons (Fsp3) is 0.478. The summed E-state index contributed by atoms with van der Waals surface area (Å²) in [6.07, 6.45) is 8.39. The third-order valence-electron chi connectivity index (χ3n) is 5.63. The van der Waals surface area contributed by atoms with Crippen molar-refractivity contribution < 1.29 is 0 Å². The Balaban J connectivity index is 2.51. The summed E-state index contributed by atoms with van der Waals surface area (Å²) in [5, 5.41) is 0. The van der Waals surface area contributed by atoms with E-state index in [-0.39, 0.29) is 5.41 Å². The Morgan fingerprint density at radius 3 is 2.22 bits per heavy atom. The van der Waals surface area contributed by atoms with Crippen LogP contribution in [-0.4, -0.2) is 0 Å². The first-order chi connectivity index (χ1) is 10.8. The third-order valence-corrected chi connectivity index (χ3v) is 5.63. The molecule has 0 N–H and O–H groups in total. The quantitative estimate of drug-likeness (QED) is 0.512. The maximum Gasteiger partial charge on any atom is 0.0113 e. The van der Waals surface area contributed by atoms with E-state index in [1.54, 1.807) is 5.57 Å². The molecule has 0 aromatic heterocycles. The van der Waals surface area contributed by atoms with E-state index in [2.05, 4.69) is 84.5 Å². The summed E-state index contributed by atoms with van der Waals surface area (Å²) in [5.74, 6) is 0. The van der Waals surface area contributed by atoms with Crippen LogP contribution in [0.25, 0.3) is 11.1 Å². The Labute approximate surface area is 143 Å². The van der Waals surface area contributed by atoms with Gasteiger partial charge in [0.05, 0.1) is 0 Å². The van der Waals surface area contributed by atoms with Crippen LogP contribution >= 0.6 is 0 Å². The van der Waals surface area contributed by atoms with Crippen molar-refractivity contribution in [3.8, 4) is 0 Å². The lowest BCUT2D eigenvalue weighted by Crippen LogP contribution is -2.33. The fourth-order valence-electron chi connectivity index (χ4n) is 4.05. The molecule has 1 atom stereocenters. The highest BCUT2D eigenvalue weighted by Gasteiger charge is 2.41. The molecular formula is C23H32. The van der Waals surface area contributed by atoms with Gasteiger partial charge in [-0.2, -0.15) is 0 Å². The Kier molecular flexibility index (Phi) is 5.04. The summed E-state index contributed by atoms with van der Waals surface area (Å²) in [4.78, 5) is 0. The zero-order chi connectivity index (χ0) is 17.3. The predicted octanol–water partition coefficient (Wildman–Crippen LogP) is 7.29. The highest BCUT2D eigenvalue weighted by Crippen LogP contribution is 2.55. The molecule has 0 bridgehead atoms. The van der Waals surface area contributed by atoms with Crippen molar-refractivity contribution in [2.24, 2.45) is 10.8 Å². The van der Waals surface area contributed by atoms with Crippen LogP contribution < -0.4 is 0 Å². The molecule has 23 heavy (non-hydrogen) atoms. The van der Waals surface area contributed by atoms with E-state index in [9.17, 15) is 0 Å². The average Bonchev–Trinajstić information content (AvgIpc) is 2.51. The van der Waals surface area contributed by atoms with Crippen molar-refractivity contribution >= 4 is 11.1 Å². The molecule has 0 saturated carbocycles. The molecule has 0 nitrogen and oxygen atoms in total. The van der Waals surface area contributed by atoms with Crippen molar-refractivity contribution in [2.45, 2.75) is 60.8 Å². The Bertz CT molecular complexity index is 637. The van der Waals surface area contributed by atoms with Crippen molar-refractivity contribution in [1.82, 2.24) is 0 Å². The molecule has 0 spiro atoms. The minimum atomic E-state index is 0.0871. The number of hydrogen-bond acceptors (Lipinski definition) is 0. The second-order valence-corrected chi connectivity index (χ2v) is 7.74. The normalized spacial score (nSPS) is 25.3. The van der Waals surface area contributed by atoms with Gasteiger partial charge in [0.15, 0.2) is 0 Å². The van der Waals surface area contributed by atoms with Crippen molar-refractivity contribution in [1.29, 1.82) is 0 Å². The van der Waals surface area contributed by atoms with Crippen LogP contribution in [0.5, 0.6) is 0 Å². The van der Waals surface area contributed by atoms with E-state index in [1.807, 2.05) is 0 Å². The summed E-state index contributed by atoms with van der Waals surface area (Å²) < 4.78 is 0. The first-order valence-corrected chi connectivity index (χ1v) is 8.94. The van der Waals surface area contributed by atoms with Crippen LogP contribution in [0.4, 0.5) is 0 Å². The second-order valence-electron chi connectivity index (χ2n) is 7.74. The largest absolute Gasteiger partial charge is 0.0955 e. The van der Waals surface area contributed by atoms with E-state index in [4.69, 9.17) is 0 Å². The first-order valence-electron chi connectivity index (χ1n) is 8.94. The number of hydrogen-bond donors (Lipinski definition) is 0. The smallest absolute Gasteiger partial charge is 0.0113 e. The minimum absolute atomic E-state index is 0.0871. The first kappa shape index (κ1) is 17.8. The van der Waals surface area contributed by atoms with Crippen LogP contribution in [0.15, 0.2) is 48.6 Å². The van der Waals surface area contributed by atoms with Crippen LogP contribution in [-0.2, 0) is 0 Å². The second kappa shape index (κ2) is 6.51. The predicted molar refractivity (Wildman–Crippen MR) is 104 cm³/mol. The van der Waals surface area contributed by atoms with E-state index < -0.39 is 0 Å². The summed E-state index contributed by atoms with van der Waals surface area (Å²) in [6, 6.07) is 8.92. The number of allylic oxidation sites excluding steroid dienone is 5. The highest BCUT2D eigenvalue weighted by molar-refractivity contribution is 5.76. The van der Waals surface area contributed by atoms with Gasteiger partial charge in [-0.15, -0.1) is 0 Å². The number of benzene rings is 1. The number of rotatable bonds is 4. The zero-order valence-electron chi connectivity index (χ0n) is 15.8. The monoisotopic (exact) mass is 308 g/mol. The molecular weight excluding hydrogens is 276 g/mol. The molecule has 1 aliphatic rings. The van der Waals surface area contributed by atoms with Crippen LogP contribution in [0, 0.1) is 10.8 Å². The van der Waals surface area contributed by atoms with Gasteiger partial charge in [0.1, 0.15) is 0 Å². The minimum Gasteiger partial charge on any atom is -0.0955 e. The average molecular weight is 309 g/mol. The molecule has 124 valence electrons. The Hall–Kier alpha value is -1.56. The van der Waals surface area contributed by atoms with Crippen LogP contribution in [0.2, 0.25) is 0 Å². The Morgan fingerprint density at radius 1 is 1.13 bits per heavy atom. The van der Waals surface area contributed by atoms with Gasteiger partial charge in [-0.05, 0) is 48.3 Å². The summed E-state index contributed by atoms with van der Waals surface area (Å²) in [7, 11) is 0. The summed E-state index contributed by atoms with van der Waals surface area (Å²) in [5.41, 5.74) is 7.15. The van der Waals surface area contributed by atoms with Gasteiger partial charge in [-0.3, -0.25) is 0 Å². The van der Waals surface area contributed by atoms with Crippen molar-refractivity contribution in [3.05, 3.63) is 59.7 Å². The van der Waals surface area contributed by atoms with Crippen LogP contribution in [0.3, 0.4) is 0 Å². The van der Waals surface area contributed by atoms with Gasteiger partial charge in [0.25, 0.3) is 0 Å². The summed E-state index contributed by atoms with van der Waals surface area (Å²) in [6.45, 7) is 17.9. The highest BCUT2D eigenvalue weighted by atomic mass is 14.5. The molecule has 2 rings (SSSR count). The van der Waals surface area contributed by atoms with Gasteiger partial charge in [-0.1, -0.05) is 88.8 Å². The molecule has 1 unspecified atom stereocenters. The molecule has 0 amide bonds. The zero-order valence-corrected chi connectivity index (χ0v) is 15.8. The lowest BCUT2D eigenvalue weighted by atomic mass is 9.58. The van der Waals surface area contributed by atoms with E-state index in [1.165, 1.54) is 23.1 Å². The molecule has 0 heterocycles. The molecule has 0 heteroatoms. The van der Waals surface area contributed by atoms with Gasteiger partial charge in [0, 0.05) is 5.41 Å². The van der Waals surface area contributed by atoms with E-state index >= 15 is 0 Å². The lowest BCUT2D eigenvalue weighted by Gasteiger charge is -2.46. The van der Waals surface area contributed by atoms with Crippen molar-refractivity contribution in [2.75, 3.05) is 0 Å². The van der Waals surface area contributed by atoms with Gasteiger partial charge in [-0.25, -0.2) is 0 Å². The van der Waals surface area contributed by atoms with Crippen LogP contribution in [0.1, 0.15) is 71.9 Å². The van der Waals surface area contributed by atoms with E-state index in [0.717, 1.165) is 18.4 Å². The maximum atomic E-state index is 4.04. The SMILES string of the molecule is C=C(C)c1ccc(C2=CCC(C)(CC)/C(=C\CC)C2(C)C)cc1. The van der Waals surface area contributed by atoms with Gasteiger partial charge < -0.3 is 0 Å². The maximum absolute atomic E-state index is 4.04. The fourth-order valence-corrected chi connectivity index (χ4v) is 4.05. The molecule has 0 aliphatic heterocycles. The molecule has 0 fully saturated rings. The summed E-state index contributed by atoms with van der Waals surface area (Å²) >= 11 is 0. The van der Waals surface area contributed by atoms with Gasteiger partial charge in [0.2, 0.25) is 0 Å². The lowest BCUT2D eigenvalue weighted by molar-refractivity contribution is 0.310. The molecule has 1 aromatic rings. The standard InChI is InChI=1S/C23H32/c1-8-10-21-22(5,6)20(15-16-23(21,7)9-2)19-13-11-18(12-14-19)17(3)4/h10-15H,3,8-9,16H2,1-2,4-7H3/b21-10-. The molecule has 1 aliphatic carbocycles. The topological polar surface area (TPSA) is 0 Å². The third kappa shape index (κ3) is 3.22. The molecule has 1 aromatic carbocycles. The van der Waals surface area contributed by atoms with Gasteiger partial charge >= 0.3 is 0 Å². The van der Waals surface area contributed by atoms with E-state index in [0.29, 0.717) is 5.41 Å².